The highest BCUT2D eigenvalue weighted by molar-refractivity contribution is 8.00. The normalized spacial score (nSPS) is 20.0. The maximum absolute atomic E-state index is 12.9. The summed E-state index contributed by atoms with van der Waals surface area (Å²) < 4.78 is 0. The summed E-state index contributed by atoms with van der Waals surface area (Å²) in [7, 11) is 2.97. The Morgan fingerprint density at radius 2 is 2.14 bits per heavy atom. The number of hydrazone groups is 1. The number of aromatic nitrogens is 2. The number of hydrogen-bond acceptors (Lipinski definition) is 13. The number of nitrogens with zero attached hydrogens (tertiary/aromatic N) is 6. The molecule has 2 atom stereocenters. The lowest BCUT2D eigenvalue weighted by molar-refractivity contribution is -0.150. The van der Waals surface area contributed by atoms with Gasteiger partial charge in [0.25, 0.3) is 11.8 Å². The lowest BCUT2D eigenvalue weighted by Gasteiger charge is -2.49. The molecular weight excluding hydrogens is 516 g/mol. The predicted octanol–water partition coefficient (Wildman–Crippen LogP) is 0.702. The highest BCUT2D eigenvalue weighted by Crippen LogP contribution is 2.40. The van der Waals surface area contributed by atoms with Crippen LogP contribution in [0.25, 0.3) is 0 Å². The molecule has 4 heterocycles. The predicted molar refractivity (Wildman–Crippen MR) is 134 cm³/mol. The Labute approximate surface area is 211 Å². The zero-order chi connectivity index (χ0) is 25.3. The van der Waals surface area contributed by atoms with Crippen molar-refractivity contribution in [3.05, 3.63) is 33.4 Å². The molecule has 0 saturated carbocycles. The quantitative estimate of drug-likeness (QED) is 0.247. The van der Waals surface area contributed by atoms with E-state index in [1.54, 1.807) is 7.05 Å². The third-order valence-corrected chi connectivity index (χ3v) is 7.92. The number of nitrogen functional groups attached to an aromatic ring is 1. The van der Waals surface area contributed by atoms with Crippen molar-refractivity contribution < 1.29 is 24.3 Å². The fourth-order valence-electron chi connectivity index (χ4n) is 3.34. The number of fused-ring (bicyclic) bond motifs is 1. The van der Waals surface area contributed by atoms with Gasteiger partial charge in [-0.3, -0.25) is 14.5 Å². The summed E-state index contributed by atoms with van der Waals surface area (Å²) in [6, 6.07) is -0.945. The average Bonchev–Trinajstić information content (AvgIpc) is 3.46. The fourth-order valence-corrected chi connectivity index (χ4v) is 5.91. The summed E-state index contributed by atoms with van der Waals surface area (Å²) in [6.45, 7) is 1.86. The Morgan fingerprint density at radius 3 is 2.74 bits per heavy atom. The molecule has 1 unspecified atom stereocenters. The van der Waals surface area contributed by atoms with Crippen LogP contribution >= 0.6 is 34.4 Å². The number of β-lactam (4-membered cyclic amide) rings is 1. The van der Waals surface area contributed by atoms with Gasteiger partial charge in [0.2, 0.25) is 5.13 Å². The number of carbonyl (C=O) groups is 3. The number of amides is 2. The first kappa shape index (κ1) is 24.6. The van der Waals surface area contributed by atoms with E-state index in [2.05, 4.69) is 25.5 Å². The third-order valence-electron chi connectivity index (χ3n) is 4.92. The van der Waals surface area contributed by atoms with Crippen LogP contribution < -0.4 is 16.1 Å². The van der Waals surface area contributed by atoms with E-state index < -0.39 is 29.2 Å². The molecule has 2 aliphatic rings. The van der Waals surface area contributed by atoms with Crippen LogP contribution in [0.15, 0.2) is 32.3 Å². The van der Waals surface area contributed by atoms with Gasteiger partial charge >= 0.3 is 5.97 Å². The van der Waals surface area contributed by atoms with E-state index in [9.17, 15) is 19.5 Å². The van der Waals surface area contributed by atoms with Gasteiger partial charge in [-0.1, -0.05) is 5.16 Å². The molecule has 2 aromatic rings. The topological polar surface area (TPSA) is 176 Å². The first-order valence-corrected chi connectivity index (χ1v) is 12.8. The van der Waals surface area contributed by atoms with Crippen LogP contribution in [-0.2, 0) is 19.2 Å². The molecule has 4 N–H and O–H groups in total. The van der Waals surface area contributed by atoms with Gasteiger partial charge in [0.05, 0.1) is 11.9 Å². The number of aliphatic carboxylic acids is 1. The minimum Gasteiger partial charge on any atom is -0.477 e. The number of anilines is 2. The molecule has 0 aliphatic carbocycles. The number of oxime groups is 1. The van der Waals surface area contributed by atoms with Gasteiger partial charge in [0, 0.05) is 29.1 Å². The van der Waals surface area contributed by atoms with Crippen molar-refractivity contribution in [3.8, 4) is 0 Å². The third kappa shape index (κ3) is 4.85. The van der Waals surface area contributed by atoms with Gasteiger partial charge in [-0.15, -0.1) is 34.4 Å². The van der Waals surface area contributed by atoms with E-state index in [1.807, 2.05) is 12.3 Å². The smallest absolute Gasteiger partial charge is 0.353 e. The molecule has 184 valence electrons. The Bertz CT molecular complexity index is 1270. The monoisotopic (exact) mass is 536 g/mol. The molecule has 0 aromatic carbocycles. The highest BCUT2D eigenvalue weighted by Gasteiger charge is 2.54. The van der Waals surface area contributed by atoms with Crippen molar-refractivity contribution >= 4 is 74.4 Å². The molecule has 0 spiro atoms. The minimum absolute atomic E-state index is 0.144. The lowest BCUT2D eigenvalue weighted by Crippen LogP contribution is -2.71. The molecule has 16 heteroatoms. The molecule has 1 saturated heterocycles. The summed E-state index contributed by atoms with van der Waals surface area (Å²) >= 11 is 3.84. The zero-order valence-electron chi connectivity index (χ0n) is 18.7. The fraction of sp³-hybridized carbons (Fsp3) is 0.316. The van der Waals surface area contributed by atoms with Crippen LogP contribution in [0.2, 0.25) is 0 Å². The summed E-state index contributed by atoms with van der Waals surface area (Å²) in [5, 5.41) is 25.7. The largest absolute Gasteiger partial charge is 0.477 e. The number of thioether (sulfide) groups is 1. The molecule has 2 aliphatic heterocycles. The van der Waals surface area contributed by atoms with Crippen LogP contribution in [0, 0.1) is 6.92 Å². The number of carboxylic acid groups (broad SMARTS) is 1. The lowest BCUT2D eigenvalue weighted by atomic mass is 10.0. The van der Waals surface area contributed by atoms with Crippen LogP contribution in [0.1, 0.15) is 11.4 Å². The van der Waals surface area contributed by atoms with E-state index in [0.29, 0.717) is 10.7 Å². The van der Waals surface area contributed by atoms with Gasteiger partial charge in [0.15, 0.2) is 10.8 Å². The molecule has 0 radical (unpaired) electrons. The molecule has 2 amide bonds. The van der Waals surface area contributed by atoms with E-state index in [-0.39, 0.29) is 28.0 Å². The zero-order valence-corrected chi connectivity index (χ0v) is 21.1. The summed E-state index contributed by atoms with van der Waals surface area (Å²) in [6.07, 6.45) is 1.42. The number of hydrogen-bond donors (Lipinski definition) is 3. The van der Waals surface area contributed by atoms with Gasteiger partial charge in [-0.2, -0.15) is 5.10 Å². The SMILES string of the molecule is CON=C(C(=O)NC1C(=O)N2C(C(=O)O)=C(C=NN(C)c3nc(C)cs3)CS[C@@H]12)c1csc(N)n1. The van der Waals surface area contributed by atoms with Crippen LogP contribution in [0.3, 0.4) is 0 Å². The number of nitrogens with one attached hydrogen (secondary N) is 1. The molecule has 1 fully saturated rings. The second kappa shape index (κ2) is 10.0. The van der Waals surface area contributed by atoms with Gasteiger partial charge in [-0.25, -0.2) is 19.8 Å². The van der Waals surface area contributed by atoms with Crippen molar-refractivity contribution in [1.82, 2.24) is 20.2 Å². The van der Waals surface area contributed by atoms with Crippen LogP contribution in [0.4, 0.5) is 10.3 Å². The van der Waals surface area contributed by atoms with Crippen LogP contribution in [0.5, 0.6) is 0 Å². The Morgan fingerprint density at radius 1 is 1.37 bits per heavy atom. The standard InChI is InChI=1S/C19H20N8O5S3/c1-8-5-35-19(22-8)26(2)21-4-9-6-33-16-12(15(29)27(16)13(9)17(30)31)24-14(28)11(25-32-3)10-7-34-18(20)23-10/h4-5,7,12,16H,6H2,1-3H3,(H2,20,23)(H,24,28)(H,30,31)/t12?,16-/m0/s1. The summed E-state index contributed by atoms with van der Waals surface area (Å²) in [5.41, 5.74) is 6.75. The molecule has 13 nitrogen and oxygen atoms in total. The number of carbonyl (C=O) groups excluding carboxylic acids is 2. The van der Waals surface area contributed by atoms with Gasteiger partial charge < -0.3 is 21.0 Å². The second-order valence-corrected chi connectivity index (χ2v) is 10.1. The van der Waals surface area contributed by atoms with E-state index >= 15 is 0 Å². The number of nitrogens with two attached hydrogens (primary N) is 1. The number of carboxylic acids is 1. The van der Waals surface area contributed by atoms with Crippen molar-refractivity contribution in [2.45, 2.75) is 18.3 Å². The van der Waals surface area contributed by atoms with Gasteiger partial charge in [0.1, 0.15) is 29.9 Å². The average molecular weight is 537 g/mol. The Kier molecular flexibility index (Phi) is 7.04. The summed E-state index contributed by atoms with van der Waals surface area (Å²) in [5.74, 6) is -2.23. The Balaban J connectivity index is 1.51. The number of thiazole rings is 2. The highest BCUT2D eigenvalue weighted by atomic mass is 32.2. The first-order valence-electron chi connectivity index (χ1n) is 9.95. The van der Waals surface area contributed by atoms with Gasteiger partial charge in [-0.05, 0) is 6.92 Å². The molecule has 4 rings (SSSR count). The van der Waals surface area contributed by atoms with E-state index in [4.69, 9.17) is 10.6 Å². The number of rotatable bonds is 8. The second-order valence-electron chi connectivity index (χ2n) is 7.27. The maximum atomic E-state index is 12.9. The van der Waals surface area contributed by atoms with Crippen molar-refractivity contribution in [2.24, 2.45) is 10.3 Å². The van der Waals surface area contributed by atoms with Crippen molar-refractivity contribution in [3.63, 3.8) is 0 Å². The number of aryl methyl sites for hydroxylation is 1. The molecule has 2 aromatic heterocycles. The first-order chi connectivity index (χ1) is 16.7. The van der Waals surface area contributed by atoms with E-state index in [0.717, 1.165) is 21.9 Å². The van der Waals surface area contributed by atoms with E-state index in [1.165, 1.54) is 46.8 Å². The Hall–Kier alpha value is -3.50. The molecule has 0 bridgehead atoms. The van der Waals surface area contributed by atoms with Crippen molar-refractivity contribution in [2.75, 3.05) is 30.7 Å². The van der Waals surface area contributed by atoms with Crippen LogP contribution in [-0.4, -0.2) is 81.0 Å². The van der Waals surface area contributed by atoms with Crippen molar-refractivity contribution in [1.29, 1.82) is 0 Å². The summed E-state index contributed by atoms with van der Waals surface area (Å²) in [4.78, 5) is 52.0. The molecular formula is C19H20N8O5S3. The minimum atomic E-state index is -1.26. The maximum Gasteiger partial charge on any atom is 0.353 e. The molecule has 35 heavy (non-hydrogen) atoms.